The van der Waals surface area contributed by atoms with E-state index in [9.17, 15) is 13.2 Å². The summed E-state index contributed by atoms with van der Waals surface area (Å²) in [6.07, 6.45) is 7.99. The fourth-order valence-electron chi connectivity index (χ4n) is 3.71. The molecule has 2 aromatic rings. The van der Waals surface area contributed by atoms with Crippen molar-refractivity contribution >= 4 is 33.2 Å². The van der Waals surface area contributed by atoms with Crippen molar-refractivity contribution in [2.45, 2.75) is 51.1 Å². The molecule has 31 heavy (non-hydrogen) atoms. The summed E-state index contributed by atoms with van der Waals surface area (Å²) < 4.78 is 31.6. The molecule has 0 heterocycles. The van der Waals surface area contributed by atoms with Crippen molar-refractivity contribution in [3.8, 4) is 5.75 Å². The Morgan fingerprint density at radius 3 is 2.23 bits per heavy atom. The van der Waals surface area contributed by atoms with E-state index in [0.29, 0.717) is 16.5 Å². The molecule has 1 aliphatic carbocycles. The summed E-state index contributed by atoms with van der Waals surface area (Å²) >= 11 is 5.91. The number of hydrogen-bond acceptors (Lipinski definition) is 4. The van der Waals surface area contributed by atoms with Gasteiger partial charge in [0, 0.05) is 11.1 Å². The van der Waals surface area contributed by atoms with Crippen LogP contribution in [0.4, 0.5) is 5.69 Å². The van der Waals surface area contributed by atoms with Crippen LogP contribution in [0.1, 0.15) is 44.1 Å². The molecule has 0 aromatic heterocycles. The summed E-state index contributed by atoms with van der Waals surface area (Å²) in [6.45, 7) is 0.135. The van der Waals surface area contributed by atoms with Gasteiger partial charge in [-0.1, -0.05) is 49.4 Å². The zero-order valence-corrected chi connectivity index (χ0v) is 19.3. The Bertz CT molecular complexity index is 954. The number of rotatable bonds is 8. The van der Waals surface area contributed by atoms with Crippen molar-refractivity contribution in [3.63, 3.8) is 0 Å². The van der Waals surface area contributed by atoms with Crippen molar-refractivity contribution in [3.05, 3.63) is 59.1 Å². The third-order valence-corrected chi connectivity index (χ3v) is 6.75. The first-order valence-corrected chi connectivity index (χ1v) is 12.8. The number of benzene rings is 2. The van der Waals surface area contributed by atoms with Crippen LogP contribution in [0.15, 0.2) is 48.5 Å². The number of nitrogens with one attached hydrogen (secondary N) is 1. The van der Waals surface area contributed by atoms with Gasteiger partial charge < -0.3 is 10.1 Å². The predicted molar refractivity (Wildman–Crippen MR) is 124 cm³/mol. The lowest BCUT2D eigenvalue weighted by Gasteiger charge is -2.23. The highest BCUT2D eigenvalue weighted by Crippen LogP contribution is 2.24. The van der Waals surface area contributed by atoms with Gasteiger partial charge in [-0.3, -0.25) is 9.10 Å². The molecule has 0 atom stereocenters. The number of ether oxygens (including phenoxy) is 1. The minimum absolute atomic E-state index is 0.0591. The second kappa shape index (κ2) is 10.9. The van der Waals surface area contributed by atoms with Gasteiger partial charge in [0.1, 0.15) is 5.75 Å². The smallest absolute Gasteiger partial charge is 0.258 e. The molecule has 1 saturated carbocycles. The Morgan fingerprint density at radius 1 is 1.03 bits per heavy atom. The molecule has 1 amide bonds. The van der Waals surface area contributed by atoms with E-state index < -0.39 is 10.0 Å². The van der Waals surface area contributed by atoms with E-state index in [-0.39, 0.29) is 25.1 Å². The first kappa shape index (κ1) is 23.4. The SMILES string of the molecule is CS(=O)(=O)N(Cc1ccc(Cl)cc1)c1ccc(OCC(=O)NC2CCCCCC2)cc1. The monoisotopic (exact) mass is 464 g/mol. The van der Waals surface area contributed by atoms with Gasteiger partial charge in [-0.05, 0) is 54.8 Å². The van der Waals surface area contributed by atoms with E-state index >= 15 is 0 Å². The van der Waals surface area contributed by atoms with E-state index in [2.05, 4.69) is 5.32 Å². The Morgan fingerprint density at radius 2 is 1.65 bits per heavy atom. The zero-order valence-electron chi connectivity index (χ0n) is 17.7. The highest BCUT2D eigenvalue weighted by molar-refractivity contribution is 7.92. The largest absolute Gasteiger partial charge is 0.484 e. The maximum atomic E-state index is 12.3. The molecule has 8 heteroatoms. The number of hydrogen-bond donors (Lipinski definition) is 1. The lowest BCUT2D eigenvalue weighted by molar-refractivity contribution is -0.123. The molecule has 0 bridgehead atoms. The van der Waals surface area contributed by atoms with Crippen LogP contribution < -0.4 is 14.4 Å². The van der Waals surface area contributed by atoms with Gasteiger partial charge in [0.15, 0.2) is 6.61 Å². The van der Waals surface area contributed by atoms with E-state index in [0.717, 1.165) is 31.2 Å². The normalized spacial score (nSPS) is 15.2. The maximum Gasteiger partial charge on any atom is 0.258 e. The molecule has 6 nitrogen and oxygen atoms in total. The number of carbonyl (C=O) groups is 1. The second-order valence-electron chi connectivity index (χ2n) is 7.93. The van der Waals surface area contributed by atoms with Crippen LogP contribution in [0.25, 0.3) is 0 Å². The van der Waals surface area contributed by atoms with E-state index in [1.807, 2.05) is 0 Å². The quantitative estimate of drug-likeness (QED) is 0.582. The summed E-state index contributed by atoms with van der Waals surface area (Å²) in [6, 6.07) is 14.0. The predicted octanol–water partition coefficient (Wildman–Crippen LogP) is 4.52. The van der Waals surface area contributed by atoms with Gasteiger partial charge in [0.2, 0.25) is 10.0 Å². The van der Waals surface area contributed by atoms with Crippen molar-refractivity contribution in [2.24, 2.45) is 0 Å². The summed E-state index contributed by atoms with van der Waals surface area (Å²) in [4.78, 5) is 12.2. The Hall–Kier alpha value is -2.25. The molecule has 0 spiro atoms. The van der Waals surface area contributed by atoms with Crippen molar-refractivity contribution < 1.29 is 17.9 Å². The van der Waals surface area contributed by atoms with Crippen molar-refractivity contribution in [2.75, 3.05) is 17.2 Å². The lowest BCUT2D eigenvalue weighted by Crippen LogP contribution is -2.37. The van der Waals surface area contributed by atoms with Crippen molar-refractivity contribution in [1.29, 1.82) is 0 Å². The van der Waals surface area contributed by atoms with Gasteiger partial charge in [-0.15, -0.1) is 0 Å². The van der Waals surface area contributed by atoms with E-state index in [1.54, 1.807) is 48.5 Å². The minimum Gasteiger partial charge on any atom is -0.484 e. The van der Waals surface area contributed by atoms with Gasteiger partial charge in [-0.2, -0.15) is 0 Å². The van der Waals surface area contributed by atoms with Crippen LogP contribution in [0.5, 0.6) is 5.75 Å². The van der Waals surface area contributed by atoms with E-state index in [4.69, 9.17) is 16.3 Å². The molecule has 3 rings (SSSR count). The number of anilines is 1. The molecular formula is C23H29ClN2O4S. The molecule has 168 valence electrons. The first-order chi connectivity index (χ1) is 14.8. The standard InChI is InChI=1S/C23H29ClN2O4S/c1-31(28,29)26(16-18-8-10-19(24)11-9-18)21-12-14-22(15-13-21)30-17-23(27)25-20-6-4-2-3-5-7-20/h8-15,20H,2-7,16-17H2,1H3,(H,25,27). The second-order valence-corrected chi connectivity index (χ2v) is 10.3. The molecule has 0 unspecified atom stereocenters. The van der Waals surface area contributed by atoms with Crippen LogP contribution in [0.2, 0.25) is 5.02 Å². The molecule has 1 N–H and O–H groups in total. The van der Waals surface area contributed by atoms with Gasteiger partial charge in [-0.25, -0.2) is 8.42 Å². The van der Waals surface area contributed by atoms with Crippen LogP contribution in [-0.4, -0.2) is 33.2 Å². The highest BCUT2D eigenvalue weighted by atomic mass is 35.5. The highest BCUT2D eigenvalue weighted by Gasteiger charge is 2.18. The number of amides is 1. The number of carbonyl (C=O) groups excluding carboxylic acids is 1. The number of nitrogens with zero attached hydrogens (tertiary/aromatic N) is 1. The minimum atomic E-state index is -3.49. The van der Waals surface area contributed by atoms with Crippen LogP contribution in [0, 0.1) is 0 Å². The summed E-state index contributed by atoms with van der Waals surface area (Å²) in [5, 5.41) is 3.65. The topological polar surface area (TPSA) is 75.7 Å². The summed E-state index contributed by atoms with van der Waals surface area (Å²) in [5.74, 6) is 0.385. The third kappa shape index (κ3) is 7.43. The van der Waals surface area contributed by atoms with Gasteiger partial charge >= 0.3 is 0 Å². The Kier molecular flexibility index (Phi) is 8.21. The third-order valence-electron chi connectivity index (χ3n) is 5.35. The molecule has 1 fully saturated rings. The fourth-order valence-corrected chi connectivity index (χ4v) is 4.72. The van der Waals surface area contributed by atoms with Crippen molar-refractivity contribution in [1.82, 2.24) is 5.32 Å². The first-order valence-electron chi connectivity index (χ1n) is 10.6. The molecule has 0 aliphatic heterocycles. The maximum absolute atomic E-state index is 12.3. The average molecular weight is 465 g/mol. The summed E-state index contributed by atoms with van der Waals surface area (Å²) in [5.41, 5.74) is 1.35. The Balaban J connectivity index is 1.59. The fraction of sp³-hybridized carbons (Fsp3) is 0.435. The number of halogens is 1. The number of sulfonamides is 1. The Labute approximate surface area is 189 Å². The van der Waals surface area contributed by atoms with Crippen LogP contribution >= 0.6 is 11.6 Å². The zero-order chi connectivity index (χ0) is 22.3. The van der Waals surface area contributed by atoms with E-state index in [1.165, 1.54) is 23.4 Å². The molecule has 0 saturated heterocycles. The average Bonchev–Trinajstić information content (AvgIpc) is 3.00. The molecule has 1 aliphatic rings. The van der Waals surface area contributed by atoms with Crippen LogP contribution in [-0.2, 0) is 21.4 Å². The summed E-state index contributed by atoms with van der Waals surface area (Å²) in [7, 11) is -3.49. The lowest BCUT2D eigenvalue weighted by atomic mass is 10.1. The molecular weight excluding hydrogens is 436 g/mol. The van der Waals surface area contributed by atoms with Gasteiger partial charge in [0.25, 0.3) is 5.91 Å². The van der Waals surface area contributed by atoms with Gasteiger partial charge in [0.05, 0.1) is 18.5 Å². The molecule has 0 radical (unpaired) electrons. The van der Waals surface area contributed by atoms with Crippen LogP contribution in [0.3, 0.4) is 0 Å². The molecule has 2 aromatic carbocycles.